The lowest BCUT2D eigenvalue weighted by molar-refractivity contribution is 0.321. The molecule has 7 nitrogen and oxygen atoms in total. The predicted molar refractivity (Wildman–Crippen MR) is 110 cm³/mol. The number of hydrogen-bond acceptors (Lipinski definition) is 6. The maximum absolute atomic E-state index is 13.1. The summed E-state index contributed by atoms with van der Waals surface area (Å²) in [7, 11) is -0.656. The van der Waals surface area contributed by atoms with Crippen molar-refractivity contribution in [2.45, 2.75) is 37.6 Å². The minimum Gasteiger partial charge on any atom is -0.496 e. The molecule has 0 aliphatic heterocycles. The van der Waals surface area contributed by atoms with E-state index in [1.54, 1.807) is 13.1 Å². The minimum absolute atomic E-state index is 0.133. The third kappa shape index (κ3) is 4.49. The predicted octanol–water partition coefficient (Wildman–Crippen LogP) is 3.86. The van der Waals surface area contributed by atoms with Gasteiger partial charge in [0.15, 0.2) is 0 Å². The van der Waals surface area contributed by atoms with Gasteiger partial charge < -0.3 is 9.26 Å². The topological polar surface area (TPSA) is 85.5 Å². The summed E-state index contributed by atoms with van der Waals surface area (Å²) >= 11 is 0. The minimum atomic E-state index is -3.72. The summed E-state index contributed by atoms with van der Waals surface area (Å²) in [6.45, 7) is 6.14. The molecule has 0 unspecified atom stereocenters. The van der Waals surface area contributed by atoms with Crippen LogP contribution in [0.1, 0.15) is 32.2 Å². The Morgan fingerprint density at radius 1 is 1.10 bits per heavy atom. The molecule has 154 valence electrons. The maximum atomic E-state index is 13.1. The first kappa shape index (κ1) is 21.0. The van der Waals surface area contributed by atoms with Gasteiger partial charge in [0.1, 0.15) is 5.75 Å². The first-order valence-corrected chi connectivity index (χ1v) is 10.6. The van der Waals surface area contributed by atoms with Crippen LogP contribution in [0.2, 0.25) is 0 Å². The van der Waals surface area contributed by atoms with E-state index < -0.39 is 10.0 Å². The lowest BCUT2D eigenvalue weighted by Gasteiger charge is -2.18. The van der Waals surface area contributed by atoms with Crippen molar-refractivity contribution >= 4 is 10.0 Å². The fourth-order valence-corrected chi connectivity index (χ4v) is 3.95. The lowest BCUT2D eigenvalue weighted by atomic mass is 9.97. The zero-order valence-corrected chi connectivity index (χ0v) is 18.0. The van der Waals surface area contributed by atoms with Crippen molar-refractivity contribution in [3.05, 3.63) is 60.0 Å². The quantitative estimate of drug-likeness (QED) is 0.608. The highest BCUT2D eigenvalue weighted by Crippen LogP contribution is 2.33. The Kier molecular flexibility index (Phi) is 5.77. The molecule has 0 spiro atoms. The van der Waals surface area contributed by atoms with E-state index in [1.165, 1.54) is 23.5 Å². The van der Waals surface area contributed by atoms with Crippen LogP contribution in [0.4, 0.5) is 0 Å². The number of ether oxygens (including phenoxy) is 1. The zero-order chi connectivity index (χ0) is 21.2. The second-order valence-corrected chi connectivity index (χ2v) is 9.83. The van der Waals surface area contributed by atoms with Crippen molar-refractivity contribution in [2.24, 2.45) is 0 Å². The number of rotatable bonds is 6. The van der Waals surface area contributed by atoms with Crippen LogP contribution in [0.25, 0.3) is 11.4 Å². The lowest BCUT2D eigenvalue weighted by Crippen LogP contribution is -2.26. The van der Waals surface area contributed by atoms with Crippen molar-refractivity contribution in [3.8, 4) is 17.1 Å². The molecule has 0 aliphatic rings. The average Bonchev–Trinajstić information content (AvgIpc) is 3.18. The first-order valence-electron chi connectivity index (χ1n) is 9.16. The van der Waals surface area contributed by atoms with Crippen molar-refractivity contribution in [2.75, 3.05) is 14.2 Å². The van der Waals surface area contributed by atoms with Crippen molar-refractivity contribution < 1.29 is 17.7 Å². The maximum Gasteiger partial charge on any atom is 0.243 e. The first-order chi connectivity index (χ1) is 13.6. The van der Waals surface area contributed by atoms with Crippen LogP contribution < -0.4 is 4.74 Å². The highest BCUT2D eigenvalue weighted by molar-refractivity contribution is 7.89. The van der Waals surface area contributed by atoms with Gasteiger partial charge in [-0.25, -0.2) is 8.42 Å². The number of sulfonamides is 1. The molecule has 0 atom stereocenters. The molecule has 2 aromatic carbocycles. The summed E-state index contributed by atoms with van der Waals surface area (Å²) < 4.78 is 38.3. The number of hydrogen-bond donors (Lipinski definition) is 0. The number of nitrogens with zero attached hydrogens (tertiary/aromatic N) is 3. The summed E-state index contributed by atoms with van der Waals surface area (Å²) in [6.07, 6.45) is 0. The largest absolute Gasteiger partial charge is 0.496 e. The Labute approximate surface area is 171 Å². The van der Waals surface area contributed by atoms with Gasteiger partial charge in [0, 0.05) is 19.0 Å². The van der Waals surface area contributed by atoms with Crippen LogP contribution in [0, 0.1) is 0 Å². The molecule has 1 aromatic heterocycles. The van der Waals surface area contributed by atoms with E-state index in [2.05, 4.69) is 10.1 Å². The van der Waals surface area contributed by atoms with Gasteiger partial charge in [-0.1, -0.05) is 56.3 Å². The standard InChI is InChI=1S/C21H25N3O4S/c1-21(2,3)20-22-19(23-28-20)17-13-16(11-12-18(17)27-5)29(25,26)24(4)14-15-9-7-6-8-10-15/h6-13H,14H2,1-5H3. The average molecular weight is 416 g/mol. The fraction of sp³-hybridized carbons (Fsp3) is 0.333. The van der Waals surface area contributed by atoms with Crippen LogP contribution in [0.15, 0.2) is 57.9 Å². The van der Waals surface area contributed by atoms with Gasteiger partial charge in [0.05, 0.1) is 17.6 Å². The third-order valence-corrected chi connectivity index (χ3v) is 6.24. The van der Waals surface area contributed by atoms with E-state index in [0.717, 1.165) is 5.56 Å². The van der Waals surface area contributed by atoms with Gasteiger partial charge in [-0.3, -0.25) is 0 Å². The van der Waals surface area contributed by atoms with E-state index >= 15 is 0 Å². The van der Waals surface area contributed by atoms with E-state index in [9.17, 15) is 8.42 Å². The molecule has 1 heterocycles. The van der Waals surface area contributed by atoms with Gasteiger partial charge in [0.2, 0.25) is 21.7 Å². The monoisotopic (exact) mass is 415 g/mol. The Morgan fingerprint density at radius 3 is 2.38 bits per heavy atom. The van der Waals surface area contributed by atoms with Gasteiger partial charge >= 0.3 is 0 Å². The summed E-state index contributed by atoms with van der Waals surface area (Å²) in [6, 6.07) is 14.1. The molecule has 0 N–H and O–H groups in total. The molecule has 0 saturated carbocycles. The molecule has 8 heteroatoms. The third-order valence-electron chi connectivity index (χ3n) is 4.44. The van der Waals surface area contributed by atoms with E-state index in [-0.39, 0.29) is 22.7 Å². The van der Waals surface area contributed by atoms with E-state index in [0.29, 0.717) is 17.2 Å². The fourth-order valence-electron chi connectivity index (χ4n) is 2.77. The van der Waals surface area contributed by atoms with Gasteiger partial charge in [-0.2, -0.15) is 9.29 Å². The van der Waals surface area contributed by atoms with Crippen LogP contribution in [0.5, 0.6) is 5.75 Å². The Balaban J connectivity index is 1.98. The Bertz CT molecular complexity index is 1090. The molecule has 0 radical (unpaired) electrons. The highest BCUT2D eigenvalue weighted by Gasteiger charge is 2.26. The van der Waals surface area contributed by atoms with Crippen LogP contribution in [0.3, 0.4) is 0 Å². The molecule has 3 aromatic rings. The summed E-state index contributed by atoms with van der Waals surface area (Å²) in [5.41, 5.74) is 1.04. The molecule has 0 saturated heterocycles. The molecule has 3 rings (SSSR count). The number of aromatic nitrogens is 2. The second-order valence-electron chi connectivity index (χ2n) is 7.78. The summed E-state index contributed by atoms with van der Waals surface area (Å²) in [5.74, 6) is 1.22. The second kappa shape index (κ2) is 7.96. The van der Waals surface area contributed by atoms with E-state index in [1.807, 2.05) is 51.1 Å². The van der Waals surface area contributed by atoms with Gasteiger partial charge in [-0.15, -0.1) is 0 Å². The van der Waals surface area contributed by atoms with Crippen LogP contribution in [-0.4, -0.2) is 37.0 Å². The molecule has 29 heavy (non-hydrogen) atoms. The molecule has 0 bridgehead atoms. The van der Waals surface area contributed by atoms with Gasteiger partial charge in [-0.05, 0) is 23.8 Å². The van der Waals surface area contributed by atoms with E-state index in [4.69, 9.17) is 9.26 Å². The normalized spacial score (nSPS) is 12.3. The number of methoxy groups -OCH3 is 1. The van der Waals surface area contributed by atoms with Crippen LogP contribution >= 0.6 is 0 Å². The molecule has 0 amide bonds. The SMILES string of the molecule is COc1ccc(S(=O)(=O)N(C)Cc2ccccc2)cc1-c1noc(C(C)(C)C)n1. The molecular weight excluding hydrogens is 390 g/mol. The summed E-state index contributed by atoms with van der Waals surface area (Å²) in [4.78, 5) is 4.56. The number of benzene rings is 2. The Hall–Kier alpha value is -2.71. The van der Waals surface area contributed by atoms with Crippen molar-refractivity contribution in [3.63, 3.8) is 0 Å². The van der Waals surface area contributed by atoms with Crippen molar-refractivity contribution in [1.82, 2.24) is 14.4 Å². The van der Waals surface area contributed by atoms with Crippen LogP contribution in [-0.2, 0) is 22.0 Å². The highest BCUT2D eigenvalue weighted by atomic mass is 32.2. The van der Waals surface area contributed by atoms with Crippen molar-refractivity contribution in [1.29, 1.82) is 0 Å². The smallest absolute Gasteiger partial charge is 0.243 e. The summed E-state index contributed by atoms with van der Waals surface area (Å²) in [5, 5.41) is 4.02. The Morgan fingerprint density at radius 2 is 1.79 bits per heavy atom. The molecular formula is C21H25N3O4S. The zero-order valence-electron chi connectivity index (χ0n) is 17.2. The van der Waals surface area contributed by atoms with Gasteiger partial charge in [0.25, 0.3) is 0 Å². The molecule has 0 aliphatic carbocycles. The molecule has 0 fully saturated rings.